The van der Waals surface area contributed by atoms with Gasteiger partial charge in [-0.15, -0.1) is 0 Å². The molecule has 0 N–H and O–H groups in total. The van der Waals surface area contributed by atoms with Gasteiger partial charge in [0.1, 0.15) is 12.4 Å². The highest BCUT2D eigenvalue weighted by Crippen LogP contribution is 2.33. The predicted octanol–water partition coefficient (Wildman–Crippen LogP) is 6.19. The highest BCUT2D eigenvalue weighted by atomic mass is 32.2. The molecule has 234 valence electrons. The second kappa shape index (κ2) is 15.0. The average Bonchev–Trinajstić information content (AvgIpc) is 3.48. The molecule has 43 heavy (non-hydrogen) atoms. The van der Waals surface area contributed by atoms with E-state index in [1.807, 2.05) is 17.0 Å². The number of nitrogens with zero attached hydrogens (tertiary/aromatic N) is 5. The van der Waals surface area contributed by atoms with Crippen molar-refractivity contribution in [3.05, 3.63) is 65.1 Å². The summed E-state index contributed by atoms with van der Waals surface area (Å²) >= 11 is -0.994. The van der Waals surface area contributed by atoms with Crippen molar-refractivity contribution in [2.24, 2.45) is 5.92 Å². The Morgan fingerprint density at radius 2 is 1.77 bits per heavy atom. The van der Waals surface area contributed by atoms with Gasteiger partial charge in [-0.2, -0.15) is 13.2 Å². The average molecular weight is 620 g/mol. The molecule has 0 bridgehead atoms. The van der Waals surface area contributed by atoms with Crippen LogP contribution in [0.1, 0.15) is 55.0 Å². The molecule has 1 aliphatic rings. The van der Waals surface area contributed by atoms with Crippen LogP contribution < -0.4 is 19.3 Å². The summed E-state index contributed by atoms with van der Waals surface area (Å²) in [5.74, 6) is 2.17. The molecule has 0 amide bonds. The van der Waals surface area contributed by atoms with E-state index in [0.717, 1.165) is 30.5 Å². The van der Waals surface area contributed by atoms with E-state index in [1.54, 1.807) is 26.4 Å². The van der Waals surface area contributed by atoms with E-state index in [4.69, 9.17) is 14.5 Å². The lowest BCUT2D eigenvalue weighted by Gasteiger charge is -2.30. The van der Waals surface area contributed by atoms with Crippen LogP contribution in [-0.4, -0.2) is 58.3 Å². The minimum atomic E-state index is -4.47. The van der Waals surface area contributed by atoms with E-state index in [-0.39, 0.29) is 19.7 Å². The van der Waals surface area contributed by atoms with E-state index in [0.29, 0.717) is 40.4 Å². The minimum Gasteiger partial charge on any atom is -0.616 e. The minimum absolute atomic E-state index is 0.118. The molecule has 1 unspecified atom stereocenters. The summed E-state index contributed by atoms with van der Waals surface area (Å²) in [5.41, 5.74) is 1.96. The highest BCUT2D eigenvalue weighted by molar-refractivity contribution is 7.90. The van der Waals surface area contributed by atoms with E-state index in [1.165, 1.54) is 44.1 Å². The summed E-state index contributed by atoms with van der Waals surface area (Å²) < 4.78 is 63.5. The van der Waals surface area contributed by atoms with Gasteiger partial charge in [0.25, 0.3) is 0 Å². The molecule has 1 saturated carbocycles. The van der Waals surface area contributed by atoms with Crippen LogP contribution in [0.3, 0.4) is 0 Å². The lowest BCUT2D eigenvalue weighted by atomic mass is 10.1. The molecular formula is C31H40F3N5O3S. The zero-order valence-electron chi connectivity index (χ0n) is 25.2. The molecule has 1 atom stereocenters. The molecule has 1 fully saturated rings. The number of pyridine rings is 1. The fourth-order valence-electron chi connectivity index (χ4n) is 5.43. The third-order valence-electron chi connectivity index (χ3n) is 7.52. The van der Waals surface area contributed by atoms with Crippen LogP contribution in [0.15, 0.2) is 42.7 Å². The number of rotatable bonds is 14. The topological polar surface area (TPSA) is 86.7 Å². The first kappa shape index (κ1) is 32.7. The van der Waals surface area contributed by atoms with Crippen molar-refractivity contribution in [2.45, 2.75) is 58.8 Å². The van der Waals surface area contributed by atoms with Crippen molar-refractivity contribution in [1.82, 2.24) is 15.0 Å². The summed E-state index contributed by atoms with van der Waals surface area (Å²) in [6.45, 7) is 6.07. The maximum atomic E-state index is 13.7. The molecule has 4 rings (SSSR count). The number of methoxy groups -OCH3 is 1. The standard InChI is InChI=1S/C31H40F3N5O3S/c1-5-38(19-23-8-6-7-9-23)28-10-11-29(41-3)37-27(28)21-39(20-24-14-22(2)15-25(16-24)31(32,33)34)30-35-17-26(18-36-30)42-12-13-43(4)40/h10-11,14-18,23H,5-9,12-13,19-21H2,1-4H3. The van der Waals surface area contributed by atoms with Gasteiger partial charge >= 0.3 is 6.18 Å². The molecule has 0 radical (unpaired) electrons. The Kier molecular flexibility index (Phi) is 11.4. The fourth-order valence-corrected chi connectivity index (χ4v) is 5.75. The Hall–Kier alpha value is -3.25. The molecule has 1 aromatic carbocycles. The van der Waals surface area contributed by atoms with Crippen molar-refractivity contribution in [2.75, 3.05) is 48.6 Å². The highest BCUT2D eigenvalue weighted by Gasteiger charge is 2.31. The van der Waals surface area contributed by atoms with E-state index < -0.39 is 22.9 Å². The number of hydrogen-bond acceptors (Lipinski definition) is 8. The number of hydrogen-bond donors (Lipinski definition) is 0. The largest absolute Gasteiger partial charge is 0.616 e. The number of benzene rings is 1. The molecule has 8 nitrogen and oxygen atoms in total. The zero-order valence-corrected chi connectivity index (χ0v) is 26.0. The van der Waals surface area contributed by atoms with Crippen LogP contribution in [-0.2, 0) is 30.4 Å². The Morgan fingerprint density at radius 1 is 1.05 bits per heavy atom. The van der Waals surface area contributed by atoms with Gasteiger partial charge in [0, 0.05) is 25.7 Å². The number of anilines is 2. The van der Waals surface area contributed by atoms with Crippen molar-refractivity contribution in [1.29, 1.82) is 0 Å². The quantitative estimate of drug-likeness (QED) is 0.198. The second-order valence-corrected chi connectivity index (χ2v) is 12.5. The van der Waals surface area contributed by atoms with E-state index >= 15 is 0 Å². The molecular weight excluding hydrogens is 579 g/mol. The van der Waals surface area contributed by atoms with Gasteiger partial charge in [0.2, 0.25) is 11.8 Å². The number of ether oxygens (including phenoxy) is 2. The van der Waals surface area contributed by atoms with Crippen molar-refractivity contribution < 1.29 is 27.2 Å². The first-order valence-electron chi connectivity index (χ1n) is 14.5. The third-order valence-corrected chi connectivity index (χ3v) is 8.27. The van der Waals surface area contributed by atoms with Gasteiger partial charge in [-0.1, -0.05) is 35.6 Å². The maximum Gasteiger partial charge on any atom is 0.416 e. The monoisotopic (exact) mass is 619 g/mol. The Morgan fingerprint density at radius 3 is 2.40 bits per heavy atom. The molecule has 0 spiro atoms. The lowest BCUT2D eigenvalue weighted by Crippen LogP contribution is -2.31. The Balaban J connectivity index is 1.69. The summed E-state index contributed by atoms with van der Waals surface area (Å²) in [6, 6.07) is 7.89. The number of aryl methyl sites for hydroxylation is 1. The van der Waals surface area contributed by atoms with Gasteiger partial charge in [-0.3, -0.25) is 0 Å². The zero-order chi connectivity index (χ0) is 31.0. The van der Waals surface area contributed by atoms with Gasteiger partial charge in [0.15, 0.2) is 5.75 Å². The Labute approximate surface area is 254 Å². The number of halogens is 3. The van der Waals surface area contributed by atoms with Crippen LogP contribution in [0.5, 0.6) is 11.6 Å². The van der Waals surface area contributed by atoms with E-state index in [9.17, 15) is 17.7 Å². The third kappa shape index (κ3) is 9.37. The molecule has 2 heterocycles. The molecule has 0 saturated heterocycles. The normalized spacial score (nSPS) is 14.5. The van der Waals surface area contributed by atoms with Crippen molar-refractivity contribution in [3.8, 4) is 11.6 Å². The molecule has 12 heteroatoms. The van der Waals surface area contributed by atoms with Crippen LogP contribution in [0.4, 0.5) is 24.8 Å². The summed E-state index contributed by atoms with van der Waals surface area (Å²) in [6.07, 6.45) is 5.06. The first-order chi connectivity index (χ1) is 20.5. The first-order valence-corrected chi connectivity index (χ1v) is 16.2. The van der Waals surface area contributed by atoms with Gasteiger partial charge in [-0.05, 0) is 56.4 Å². The van der Waals surface area contributed by atoms with Crippen molar-refractivity contribution in [3.63, 3.8) is 0 Å². The van der Waals surface area contributed by atoms with Gasteiger partial charge in [0.05, 0.1) is 49.2 Å². The van der Waals surface area contributed by atoms with Crippen LogP contribution in [0.2, 0.25) is 0 Å². The fraction of sp³-hybridized carbons (Fsp3) is 0.516. The molecule has 1 aliphatic carbocycles. The van der Waals surface area contributed by atoms with Gasteiger partial charge in [-0.25, -0.2) is 15.0 Å². The van der Waals surface area contributed by atoms with Gasteiger partial charge < -0.3 is 23.8 Å². The smallest absolute Gasteiger partial charge is 0.416 e. The van der Waals surface area contributed by atoms with Crippen LogP contribution in [0.25, 0.3) is 0 Å². The summed E-state index contributed by atoms with van der Waals surface area (Å²) in [5, 5.41) is 0. The number of alkyl halides is 3. The lowest BCUT2D eigenvalue weighted by molar-refractivity contribution is -0.137. The summed E-state index contributed by atoms with van der Waals surface area (Å²) in [7, 11) is 1.56. The maximum absolute atomic E-state index is 13.7. The van der Waals surface area contributed by atoms with Crippen molar-refractivity contribution >= 4 is 22.8 Å². The number of aromatic nitrogens is 3. The van der Waals surface area contributed by atoms with E-state index in [2.05, 4.69) is 21.8 Å². The molecule has 0 aliphatic heterocycles. The second-order valence-electron chi connectivity index (χ2n) is 10.9. The molecule has 3 aromatic rings. The van der Waals surface area contributed by atoms with Crippen LogP contribution >= 0.6 is 0 Å². The summed E-state index contributed by atoms with van der Waals surface area (Å²) in [4.78, 5) is 17.9. The SMILES string of the molecule is CCN(CC1CCCC1)c1ccc(OC)nc1CN(Cc1cc(C)cc(C(F)(F)F)c1)c1ncc(OCC[S+](C)[O-])cn1. The van der Waals surface area contributed by atoms with Crippen LogP contribution in [0, 0.1) is 12.8 Å². The Bertz CT molecular complexity index is 1320. The molecule has 2 aromatic heterocycles. The predicted molar refractivity (Wildman–Crippen MR) is 163 cm³/mol.